The number of unbranched alkanes of at least 4 members (excludes halogenated alkanes) is 30. The van der Waals surface area contributed by atoms with Crippen molar-refractivity contribution in [1.82, 2.24) is 9.97 Å². The Labute approximate surface area is 578 Å². The summed E-state index contributed by atoms with van der Waals surface area (Å²) in [6, 6.07) is 31.3. The van der Waals surface area contributed by atoms with Crippen LogP contribution in [-0.4, -0.2) is 62.9 Å². The molecule has 0 radical (unpaired) electrons. The number of carbonyl (C=O) groups is 1. The molecule has 0 saturated carbocycles. The van der Waals surface area contributed by atoms with Crippen LogP contribution in [0.5, 0.6) is 34.5 Å². The molecule has 0 unspecified atom stereocenters. The van der Waals surface area contributed by atoms with Gasteiger partial charge in [0.05, 0.1) is 51.0 Å². The number of carbonyl (C=O) groups excluding carboxylic acids is 1. The fraction of sp³-hybridized carbons (Fsp3) is 0.578. The maximum Gasteiger partial charge on any atom is 0.796 e. The van der Waals surface area contributed by atoms with Crippen molar-refractivity contribution in [3.05, 3.63) is 115 Å². The van der Waals surface area contributed by atoms with Crippen molar-refractivity contribution in [1.29, 1.82) is 0 Å². The molecular weight excluding hydrogens is 1200 g/mol. The molecule has 0 bridgehead atoms. The van der Waals surface area contributed by atoms with Crippen molar-refractivity contribution < 1.29 is 46.5 Å². The van der Waals surface area contributed by atoms with Gasteiger partial charge in [-0.2, -0.15) is 0 Å². The minimum Gasteiger partial charge on any atom is -0.503 e. The number of nitrogens with one attached hydrogen (secondary N) is 2. The third kappa shape index (κ3) is 28.4. The van der Waals surface area contributed by atoms with E-state index in [0.717, 1.165) is 117 Å². The fourth-order valence-electron chi connectivity index (χ4n) is 12.3. The second-order valence-corrected chi connectivity index (χ2v) is 26.2. The summed E-state index contributed by atoms with van der Waals surface area (Å²) in [6.07, 6.45) is 42.4. The number of halogens is 2. The van der Waals surface area contributed by atoms with Crippen LogP contribution >= 0.6 is 0 Å². The van der Waals surface area contributed by atoms with Crippen LogP contribution in [0.2, 0.25) is 0 Å². The standard InChI is InChI=1S/C83H121BF2N2O8/c1-7-13-19-25-31-41-55-90-78-61-66(62-79(91-56-42-32-26-20-14-8-2)82(78)94-59-45-35-29-23-17-11-5)68-47-37-39-49-70(68)72-51-53-74(87-72)76(89)65-77(96-84(85)86)75-54-52-73(88-75)71-50-40-38-48-69(71)67-63-80(92-57-43-33-27-21-15-9-3)83(95-60-46-36-30-24-18-12-6)81(64-67)93-58-44-34-28-22-16-10-4/h37-40,47-54,61-65,87-88H,7-36,41-46,55-60H2,1-6H3/b77-65-. The van der Waals surface area contributed by atoms with Crippen molar-refractivity contribution in [2.45, 2.75) is 273 Å². The monoisotopic (exact) mass is 1320 g/mol. The van der Waals surface area contributed by atoms with E-state index in [0.29, 0.717) is 85.5 Å². The molecule has 4 aromatic carbocycles. The van der Waals surface area contributed by atoms with Gasteiger partial charge < -0.3 is 43.0 Å². The van der Waals surface area contributed by atoms with Crippen molar-refractivity contribution >= 4 is 19.0 Å². The first kappa shape index (κ1) is 78.4. The van der Waals surface area contributed by atoms with E-state index in [1.54, 1.807) is 12.1 Å². The first-order valence-corrected chi connectivity index (χ1v) is 38.1. The number of H-pyrrole nitrogens is 2. The molecule has 96 heavy (non-hydrogen) atoms. The van der Waals surface area contributed by atoms with E-state index < -0.39 is 13.3 Å². The van der Waals surface area contributed by atoms with Crippen molar-refractivity contribution in [2.75, 3.05) is 39.6 Å². The van der Waals surface area contributed by atoms with Gasteiger partial charge in [0.25, 0.3) is 0 Å². The zero-order valence-electron chi connectivity index (χ0n) is 60.1. The maximum absolute atomic E-state index is 14.5. The molecular formula is C83H121BF2N2O8. The first-order valence-electron chi connectivity index (χ1n) is 38.1. The SMILES string of the molecule is CCCCCCCCOc1cc(-c2ccccc2-c2ccc(C(=O)/C=C(\OB(F)F)c3ccc(-c4ccccc4-c4cc(OCCCCCCCC)c(OCCCCCCCC)c(OCCCCCCCC)c4)[nH]3)[nH]2)cc(OCCCCCCCC)c1OCCCCCCCC. The lowest BCUT2D eigenvalue weighted by Gasteiger charge is -2.20. The third-order valence-electron chi connectivity index (χ3n) is 18.0. The lowest BCUT2D eigenvalue weighted by atomic mass is 9.97. The number of hydrogen-bond acceptors (Lipinski definition) is 8. The van der Waals surface area contributed by atoms with Gasteiger partial charge in [-0.3, -0.25) is 4.79 Å². The predicted octanol–water partition coefficient (Wildman–Crippen LogP) is 25.6. The molecule has 2 heterocycles. The Kier molecular flexibility index (Phi) is 39.3. The molecule has 2 N–H and O–H groups in total. The molecule has 0 amide bonds. The number of aromatic nitrogens is 2. The van der Waals surface area contributed by atoms with Gasteiger partial charge in [-0.1, -0.05) is 283 Å². The second-order valence-electron chi connectivity index (χ2n) is 26.2. The van der Waals surface area contributed by atoms with Crippen molar-refractivity contribution in [2.24, 2.45) is 0 Å². The molecule has 10 nitrogen and oxygen atoms in total. The van der Waals surface area contributed by atoms with Crippen LogP contribution in [0.15, 0.2) is 103 Å². The van der Waals surface area contributed by atoms with Crippen LogP contribution in [-0.2, 0) is 4.65 Å². The number of allylic oxidation sites excluding steroid dienone is 1. The average Bonchev–Trinajstić information content (AvgIpc) is 1.70. The van der Waals surface area contributed by atoms with E-state index in [1.165, 1.54) is 154 Å². The number of ketones is 1. The number of hydrogen-bond donors (Lipinski definition) is 2. The van der Waals surface area contributed by atoms with E-state index in [2.05, 4.69) is 81.8 Å². The van der Waals surface area contributed by atoms with Crippen LogP contribution in [0.3, 0.4) is 0 Å². The zero-order chi connectivity index (χ0) is 68.1. The minimum absolute atomic E-state index is 0.208. The zero-order valence-corrected chi connectivity index (χ0v) is 60.1. The Hall–Kier alpha value is -6.63. The Bertz CT molecular complexity index is 3000. The molecule has 2 aromatic heterocycles. The van der Waals surface area contributed by atoms with E-state index in [1.807, 2.05) is 54.6 Å². The van der Waals surface area contributed by atoms with Crippen molar-refractivity contribution in [3.63, 3.8) is 0 Å². The largest absolute Gasteiger partial charge is 0.796 e. The second kappa shape index (κ2) is 48.1. The van der Waals surface area contributed by atoms with Crippen LogP contribution in [0.1, 0.15) is 289 Å². The van der Waals surface area contributed by atoms with Gasteiger partial charge in [-0.05, 0) is 109 Å². The Morgan fingerprint density at radius 1 is 0.344 bits per heavy atom. The van der Waals surface area contributed by atoms with Gasteiger partial charge in [0, 0.05) is 28.6 Å². The molecule has 0 saturated heterocycles. The Morgan fingerprint density at radius 2 is 0.615 bits per heavy atom. The topological polar surface area (TPSA) is 113 Å². The summed E-state index contributed by atoms with van der Waals surface area (Å²) in [4.78, 5) is 21.1. The van der Waals surface area contributed by atoms with Crippen LogP contribution < -0.4 is 28.4 Å². The van der Waals surface area contributed by atoms with Crippen LogP contribution in [0.25, 0.3) is 50.5 Å². The summed E-state index contributed by atoms with van der Waals surface area (Å²) in [6.45, 7) is 16.8. The molecule has 0 aliphatic rings. The first-order chi connectivity index (χ1) is 47.2. The van der Waals surface area contributed by atoms with Crippen LogP contribution in [0, 0.1) is 0 Å². The molecule has 0 atom stereocenters. The lowest BCUT2D eigenvalue weighted by molar-refractivity contribution is 0.104. The summed E-state index contributed by atoms with van der Waals surface area (Å²) in [7, 11) is -3.20. The average molecular weight is 1320 g/mol. The number of ether oxygens (including phenoxy) is 6. The van der Waals surface area contributed by atoms with Gasteiger partial charge in [0.1, 0.15) is 5.76 Å². The highest BCUT2D eigenvalue weighted by atomic mass is 19.2. The number of benzene rings is 4. The summed E-state index contributed by atoms with van der Waals surface area (Å²) < 4.78 is 74.5. The smallest absolute Gasteiger partial charge is 0.503 e. The maximum atomic E-state index is 14.5. The number of rotatable bonds is 57. The molecule has 6 aromatic rings. The predicted molar refractivity (Wildman–Crippen MR) is 398 cm³/mol. The Morgan fingerprint density at radius 3 is 0.927 bits per heavy atom. The van der Waals surface area contributed by atoms with Crippen molar-refractivity contribution in [3.8, 4) is 79.3 Å². The number of aromatic amines is 2. The molecule has 0 aliphatic heterocycles. The molecule has 13 heteroatoms. The van der Waals surface area contributed by atoms with Gasteiger partial charge in [-0.15, -0.1) is 0 Å². The van der Waals surface area contributed by atoms with Gasteiger partial charge in [-0.25, -0.2) is 8.63 Å². The highest BCUT2D eigenvalue weighted by Crippen LogP contribution is 2.46. The highest BCUT2D eigenvalue weighted by Gasteiger charge is 2.25. The third-order valence-corrected chi connectivity index (χ3v) is 18.0. The minimum atomic E-state index is -3.20. The van der Waals surface area contributed by atoms with E-state index >= 15 is 0 Å². The Balaban J connectivity index is 1.31. The molecule has 6 rings (SSSR count). The normalized spacial score (nSPS) is 11.5. The van der Waals surface area contributed by atoms with Gasteiger partial charge >= 0.3 is 7.47 Å². The molecule has 0 aliphatic carbocycles. The van der Waals surface area contributed by atoms with Gasteiger partial charge in [0.2, 0.25) is 17.3 Å². The fourth-order valence-corrected chi connectivity index (χ4v) is 12.3. The summed E-state index contributed by atoms with van der Waals surface area (Å²) >= 11 is 0. The van der Waals surface area contributed by atoms with Gasteiger partial charge in [0.15, 0.2) is 23.0 Å². The quantitative estimate of drug-likeness (QED) is 0.0128. The van der Waals surface area contributed by atoms with E-state index in [9.17, 15) is 13.4 Å². The summed E-state index contributed by atoms with van der Waals surface area (Å²) in [5, 5.41) is 0. The summed E-state index contributed by atoms with van der Waals surface area (Å²) in [5.41, 5.74) is 6.92. The van der Waals surface area contributed by atoms with E-state index in [4.69, 9.17) is 33.1 Å². The van der Waals surface area contributed by atoms with E-state index in [-0.39, 0.29) is 17.1 Å². The molecule has 528 valence electrons. The lowest BCUT2D eigenvalue weighted by Crippen LogP contribution is -2.07. The highest BCUT2D eigenvalue weighted by molar-refractivity contribution is 6.36. The van der Waals surface area contributed by atoms with Crippen LogP contribution in [0.4, 0.5) is 8.63 Å². The summed E-state index contributed by atoms with van der Waals surface area (Å²) in [5.74, 6) is 3.06. The molecule has 0 spiro atoms. The molecule has 0 fully saturated rings.